The molecule has 18 heavy (non-hydrogen) atoms. The second-order valence-electron chi connectivity index (χ2n) is 5.58. The fraction of sp³-hybridized carbons (Fsp3) is 0.333. The van der Waals surface area contributed by atoms with E-state index in [9.17, 15) is 4.79 Å². The lowest BCUT2D eigenvalue weighted by molar-refractivity contribution is 0.0696. The Morgan fingerprint density at radius 3 is 2.50 bits per heavy atom. The van der Waals surface area contributed by atoms with Crippen molar-refractivity contribution >= 4 is 16.9 Å². The smallest absolute Gasteiger partial charge is 0.337 e. The van der Waals surface area contributed by atoms with Crippen molar-refractivity contribution in [1.29, 1.82) is 0 Å². The summed E-state index contributed by atoms with van der Waals surface area (Å²) < 4.78 is 0. The van der Waals surface area contributed by atoms with Crippen LogP contribution in [-0.2, 0) is 5.41 Å². The van der Waals surface area contributed by atoms with Crippen molar-refractivity contribution < 1.29 is 9.90 Å². The van der Waals surface area contributed by atoms with Crippen LogP contribution >= 0.6 is 0 Å². The summed E-state index contributed by atoms with van der Waals surface area (Å²) >= 11 is 0. The zero-order valence-electron chi connectivity index (χ0n) is 11.1. The number of carbonyl (C=O) groups is 1. The third kappa shape index (κ3) is 2.08. The molecule has 2 aromatic rings. The molecule has 0 spiro atoms. The van der Waals surface area contributed by atoms with E-state index in [1.54, 1.807) is 0 Å². The highest BCUT2D eigenvalue weighted by molar-refractivity contribution is 5.95. The van der Waals surface area contributed by atoms with Crippen LogP contribution in [0.25, 0.3) is 10.9 Å². The Hall–Kier alpha value is -1.90. The molecule has 3 nitrogen and oxygen atoms in total. The van der Waals surface area contributed by atoms with Crippen molar-refractivity contribution in [2.24, 2.45) is 0 Å². The first-order valence-electron chi connectivity index (χ1n) is 5.94. The average Bonchev–Trinajstić information content (AvgIpc) is 2.27. The zero-order chi connectivity index (χ0) is 13.5. The molecule has 0 aliphatic rings. The van der Waals surface area contributed by atoms with Gasteiger partial charge in [-0.3, -0.25) is 4.98 Å². The minimum atomic E-state index is -0.929. The van der Waals surface area contributed by atoms with Crippen molar-refractivity contribution in [2.45, 2.75) is 33.1 Å². The van der Waals surface area contributed by atoms with E-state index < -0.39 is 5.97 Å². The normalized spacial score (nSPS) is 11.8. The maximum absolute atomic E-state index is 11.1. The number of aromatic nitrogens is 1. The molecule has 0 atom stereocenters. The van der Waals surface area contributed by atoms with Crippen LogP contribution in [0.5, 0.6) is 0 Å². The van der Waals surface area contributed by atoms with Crippen LogP contribution in [-0.4, -0.2) is 16.1 Å². The number of carboxylic acids is 1. The lowest BCUT2D eigenvalue weighted by atomic mass is 9.86. The maximum atomic E-state index is 11.1. The average molecular weight is 243 g/mol. The molecule has 1 N–H and O–H groups in total. The third-order valence-corrected chi connectivity index (χ3v) is 3.23. The van der Waals surface area contributed by atoms with Gasteiger partial charge in [0.05, 0.1) is 11.1 Å². The van der Waals surface area contributed by atoms with Gasteiger partial charge in [-0.15, -0.1) is 0 Å². The standard InChI is InChI=1S/C15H17NO2/c1-9-11-6-5-10(15(2,3)4)7-13(11)16-8-12(9)14(17)18/h5-8H,1-4H3,(H,17,18). The van der Waals surface area contributed by atoms with Gasteiger partial charge in [0.1, 0.15) is 0 Å². The van der Waals surface area contributed by atoms with Crippen LogP contribution in [0.15, 0.2) is 24.4 Å². The van der Waals surface area contributed by atoms with Gasteiger partial charge in [-0.2, -0.15) is 0 Å². The van der Waals surface area contributed by atoms with Crippen molar-refractivity contribution in [3.63, 3.8) is 0 Å². The number of aromatic carboxylic acids is 1. The molecule has 0 fully saturated rings. The highest BCUT2D eigenvalue weighted by atomic mass is 16.4. The fourth-order valence-electron chi connectivity index (χ4n) is 2.01. The molecule has 0 radical (unpaired) electrons. The first-order chi connectivity index (χ1) is 8.30. The van der Waals surface area contributed by atoms with Gasteiger partial charge in [0, 0.05) is 11.6 Å². The summed E-state index contributed by atoms with van der Waals surface area (Å²) in [4.78, 5) is 15.3. The van der Waals surface area contributed by atoms with Gasteiger partial charge in [-0.25, -0.2) is 4.79 Å². The van der Waals surface area contributed by atoms with Crippen LogP contribution in [0.3, 0.4) is 0 Å². The predicted octanol–water partition coefficient (Wildman–Crippen LogP) is 3.54. The van der Waals surface area contributed by atoms with Gasteiger partial charge in [0.15, 0.2) is 0 Å². The third-order valence-electron chi connectivity index (χ3n) is 3.23. The molecule has 1 aromatic carbocycles. The van der Waals surface area contributed by atoms with Crippen LogP contribution in [0, 0.1) is 6.92 Å². The van der Waals surface area contributed by atoms with Crippen LogP contribution in [0.2, 0.25) is 0 Å². The monoisotopic (exact) mass is 243 g/mol. The number of benzene rings is 1. The van der Waals surface area contributed by atoms with E-state index >= 15 is 0 Å². The summed E-state index contributed by atoms with van der Waals surface area (Å²) in [5, 5.41) is 9.97. The van der Waals surface area contributed by atoms with Gasteiger partial charge in [0.2, 0.25) is 0 Å². The number of nitrogens with zero attached hydrogens (tertiary/aromatic N) is 1. The number of rotatable bonds is 1. The topological polar surface area (TPSA) is 50.2 Å². The van der Waals surface area contributed by atoms with E-state index in [1.807, 2.05) is 25.1 Å². The zero-order valence-corrected chi connectivity index (χ0v) is 11.1. The number of carboxylic acid groups (broad SMARTS) is 1. The predicted molar refractivity (Wildman–Crippen MR) is 72.1 cm³/mol. The molecule has 94 valence electrons. The van der Waals surface area contributed by atoms with Crippen LogP contribution < -0.4 is 0 Å². The van der Waals surface area contributed by atoms with Gasteiger partial charge in [-0.1, -0.05) is 32.9 Å². The van der Waals surface area contributed by atoms with E-state index in [0.29, 0.717) is 0 Å². The molecule has 0 saturated carbocycles. The highest BCUT2D eigenvalue weighted by Gasteiger charge is 2.16. The maximum Gasteiger partial charge on any atom is 0.337 e. The van der Waals surface area contributed by atoms with E-state index in [4.69, 9.17) is 5.11 Å². The van der Waals surface area contributed by atoms with Crippen LogP contribution in [0.4, 0.5) is 0 Å². The number of pyridine rings is 1. The SMILES string of the molecule is Cc1c(C(=O)O)cnc2cc(C(C)(C)C)ccc12. The van der Waals surface area contributed by atoms with E-state index in [1.165, 1.54) is 11.8 Å². The Balaban J connectivity index is 2.69. The molecule has 0 bridgehead atoms. The van der Waals surface area contributed by atoms with Crippen LogP contribution in [0.1, 0.15) is 42.3 Å². The summed E-state index contributed by atoms with van der Waals surface area (Å²) in [6, 6.07) is 6.04. The molecule has 1 heterocycles. The molecule has 0 aliphatic heterocycles. The van der Waals surface area contributed by atoms with Crippen molar-refractivity contribution in [3.8, 4) is 0 Å². The minimum Gasteiger partial charge on any atom is -0.478 e. The molecule has 0 saturated heterocycles. The second-order valence-corrected chi connectivity index (χ2v) is 5.58. The Morgan fingerprint density at radius 1 is 1.28 bits per heavy atom. The van der Waals surface area contributed by atoms with Crippen molar-refractivity contribution in [3.05, 3.63) is 41.1 Å². The quantitative estimate of drug-likeness (QED) is 0.833. The number of hydrogen-bond acceptors (Lipinski definition) is 2. The van der Waals surface area contributed by atoms with Crippen molar-refractivity contribution in [1.82, 2.24) is 4.98 Å². The lowest BCUT2D eigenvalue weighted by Crippen LogP contribution is -2.11. The molecular weight excluding hydrogens is 226 g/mol. The molecule has 2 rings (SSSR count). The van der Waals surface area contributed by atoms with Crippen molar-refractivity contribution in [2.75, 3.05) is 0 Å². The Labute approximate surface area is 106 Å². The number of fused-ring (bicyclic) bond motifs is 1. The van der Waals surface area contributed by atoms with E-state index in [0.717, 1.165) is 16.5 Å². The molecule has 0 amide bonds. The summed E-state index contributed by atoms with van der Waals surface area (Å²) in [5.41, 5.74) is 3.16. The molecule has 0 aliphatic carbocycles. The molecular formula is C15H17NO2. The lowest BCUT2D eigenvalue weighted by Gasteiger charge is -2.19. The number of hydrogen-bond donors (Lipinski definition) is 1. The largest absolute Gasteiger partial charge is 0.478 e. The minimum absolute atomic E-state index is 0.0647. The summed E-state index contributed by atoms with van der Waals surface area (Å²) in [7, 11) is 0. The Morgan fingerprint density at radius 2 is 1.94 bits per heavy atom. The molecule has 3 heteroatoms. The summed E-state index contributed by atoms with van der Waals surface area (Å²) in [6.07, 6.45) is 1.44. The summed E-state index contributed by atoms with van der Waals surface area (Å²) in [5.74, 6) is -0.929. The molecule has 1 aromatic heterocycles. The summed E-state index contributed by atoms with van der Waals surface area (Å²) in [6.45, 7) is 8.26. The Kier molecular flexibility index (Phi) is 2.85. The first-order valence-corrected chi connectivity index (χ1v) is 5.94. The fourth-order valence-corrected chi connectivity index (χ4v) is 2.01. The number of aryl methyl sites for hydroxylation is 1. The second kappa shape index (κ2) is 4.09. The van der Waals surface area contributed by atoms with Gasteiger partial charge in [0.25, 0.3) is 0 Å². The van der Waals surface area contributed by atoms with Gasteiger partial charge in [-0.05, 0) is 29.5 Å². The van der Waals surface area contributed by atoms with E-state index in [2.05, 4.69) is 25.8 Å². The van der Waals surface area contributed by atoms with Gasteiger partial charge < -0.3 is 5.11 Å². The van der Waals surface area contributed by atoms with E-state index in [-0.39, 0.29) is 11.0 Å². The Bertz CT molecular complexity index is 624. The highest BCUT2D eigenvalue weighted by Crippen LogP contribution is 2.27. The first kappa shape index (κ1) is 12.6. The molecule has 0 unspecified atom stereocenters. The van der Waals surface area contributed by atoms with Gasteiger partial charge >= 0.3 is 5.97 Å².